The van der Waals surface area contributed by atoms with Crippen LogP contribution in [0.5, 0.6) is 5.75 Å². The Labute approximate surface area is 245 Å². The first-order valence-electron chi connectivity index (χ1n) is 13.6. The van der Waals surface area contributed by atoms with Crippen molar-refractivity contribution in [3.8, 4) is 5.75 Å². The maximum absolute atomic E-state index is 9.77. The Kier molecular flexibility index (Phi) is 12.3. The van der Waals surface area contributed by atoms with Gasteiger partial charge < -0.3 is 30.1 Å². The molecule has 0 unspecified atom stereocenters. The predicted molar refractivity (Wildman–Crippen MR) is 163 cm³/mol. The maximum atomic E-state index is 9.77. The highest BCUT2D eigenvalue weighted by Crippen LogP contribution is 2.30. The van der Waals surface area contributed by atoms with Crippen LogP contribution in [-0.2, 0) is 16.0 Å². The molecule has 4 aromatic rings. The third kappa shape index (κ3) is 9.27. The second-order valence-electron chi connectivity index (χ2n) is 9.88. The number of rotatable bonds is 12. The average molecular weight is 572 g/mol. The molecule has 0 saturated heterocycles. The standard InChI is InChI=1S/C30H31NO.C4H6O6/c1-31(2)29(26-15-7-4-8-16-26)22-23-32-30-21-20-25(27-18-9-10-19-28(27)30)17-11-14-24-12-5-3-6-13-24;5-1(3(7)8)2(6)4(9)10/h3-16,18-21,29H,17,22-23H2,1-2H3;1-2,5-6H,(H,7,8)(H,9,10)/b14-11+;/t29-;1-,2-/m00/s1. The molecule has 0 bridgehead atoms. The number of fused-ring (bicyclic) bond motifs is 1. The van der Waals surface area contributed by atoms with Gasteiger partial charge in [0.1, 0.15) is 5.75 Å². The molecular weight excluding hydrogens is 534 g/mol. The number of ether oxygens (including phenoxy) is 1. The van der Waals surface area contributed by atoms with Crippen molar-refractivity contribution in [3.63, 3.8) is 0 Å². The van der Waals surface area contributed by atoms with Crippen molar-refractivity contribution in [2.45, 2.75) is 31.1 Å². The van der Waals surface area contributed by atoms with Crippen LogP contribution in [-0.4, -0.2) is 70.2 Å². The number of aliphatic hydroxyl groups excluding tert-OH is 2. The molecule has 0 saturated carbocycles. The van der Waals surface area contributed by atoms with Gasteiger partial charge in [0.05, 0.1) is 6.61 Å². The number of carboxylic acid groups (broad SMARTS) is 2. The molecule has 3 atom stereocenters. The van der Waals surface area contributed by atoms with Gasteiger partial charge in [0.2, 0.25) is 0 Å². The molecule has 0 radical (unpaired) electrons. The molecule has 0 aromatic heterocycles. The lowest BCUT2D eigenvalue weighted by Crippen LogP contribution is -2.39. The van der Waals surface area contributed by atoms with E-state index < -0.39 is 24.1 Å². The minimum atomic E-state index is -2.27. The summed E-state index contributed by atoms with van der Waals surface area (Å²) in [6.45, 7) is 0.676. The van der Waals surface area contributed by atoms with Crippen molar-refractivity contribution in [3.05, 3.63) is 120 Å². The zero-order valence-corrected chi connectivity index (χ0v) is 23.7. The summed E-state index contributed by atoms with van der Waals surface area (Å²) in [5.74, 6) is -2.58. The Bertz CT molecular complexity index is 1440. The molecule has 42 heavy (non-hydrogen) atoms. The number of carboxylic acids is 2. The van der Waals surface area contributed by atoms with E-state index in [0.717, 1.165) is 18.6 Å². The number of hydrogen-bond acceptors (Lipinski definition) is 6. The molecule has 0 spiro atoms. The van der Waals surface area contributed by atoms with Crippen molar-refractivity contribution in [2.75, 3.05) is 20.7 Å². The third-order valence-electron chi connectivity index (χ3n) is 6.68. The van der Waals surface area contributed by atoms with Gasteiger partial charge >= 0.3 is 11.9 Å². The molecule has 220 valence electrons. The molecule has 0 aliphatic heterocycles. The maximum Gasteiger partial charge on any atom is 0.335 e. The van der Waals surface area contributed by atoms with Gasteiger partial charge in [-0.15, -0.1) is 0 Å². The lowest BCUT2D eigenvalue weighted by atomic mass is 10.0. The molecule has 8 heteroatoms. The molecule has 0 amide bonds. The fourth-order valence-corrected chi connectivity index (χ4v) is 4.47. The molecule has 4 N–H and O–H groups in total. The van der Waals surface area contributed by atoms with E-state index in [1.165, 1.54) is 27.5 Å². The summed E-state index contributed by atoms with van der Waals surface area (Å²) < 4.78 is 6.31. The van der Waals surface area contributed by atoms with Crippen molar-refractivity contribution < 1.29 is 34.8 Å². The summed E-state index contributed by atoms with van der Waals surface area (Å²) in [6, 6.07) is 34.3. The monoisotopic (exact) mass is 571 g/mol. The quantitative estimate of drug-likeness (QED) is 0.186. The van der Waals surface area contributed by atoms with E-state index >= 15 is 0 Å². The van der Waals surface area contributed by atoms with Crippen LogP contribution in [0.1, 0.15) is 29.2 Å². The largest absolute Gasteiger partial charge is 0.493 e. The molecule has 4 rings (SSSR count). The van der Waals surface area contributed by atoms with Gasteiger partial charge in [-0.2, -0.15) is 0 Å². The zero-order chi connectivity index (χ0) is 30.5. The third-order valence-corrected chi connectivity index (χ3v) is 6.68. The van der Waals surface area contributed by atoms with E-state index in [0.29, 0.717) is 12.6 Å². The van der Waals surface area contributed by atoms with Crippen molar-refractivity contribution in [2.24, 2.45) is 0 Å². The lowest BCUT2D eigenvalue weighted by molar-refractivity contribution is -0.165. The number of allylic oxidation sites excluding steroid dienone is 1. The number of nitrogens with zero attached hydrogens (tertiary/aromatic N) is 1. The van der Waals surface area contributed by atoms with Gasteiger partial charge in [-0.25, -0.2) is 9.59 Å². The molecule has 4 aromatic carbocycles. The summed E-state index contributed by atoms with van der Waals surface area (Å²) in [6.07, 6.45) is 1.72. The van der Waals surface area contributed by atoms with Crippen LogP contribution < -0.4 is 4.74 Å². The van der Waals surface area contributed by atoms with Gasteiger partial charge in [-0.05, 0) is 48.7 Å². The van der Waals surface area contributed by atoms with Crippen molar-refractivity contribution in [1.29, 1.82) is 0 Å². The van der Waals surface area contributed by atoms with Crippen molar-refractivity contribution in [1.82, 2.24) is 4.90 Å². The molecule has 0 aliphatic carbocycles. The van der Waals surface area contributed by atoms with Crippen molar-refractivity contribution >= 4 is 28.8 Å². The Morgan fingerprint density at radius 1 is 0.762 bits per heavy atom. The Balaban J connectivity index is 0.000000416. The van der Waals surface area contributed by atoms with E-state index in [4.69, 9.17) is 25.2 Å². The van der Waals surface area contributed by atoms with E-state index in [-0.39, 0.29) is 0 Å². The first kappa shape index (κ1) is 32.0. The van der Waals surface area contributed by atoms with Gasteiger partial charge in [-0.3, -0.25) is 0 Å². The van der Waals surface area contributed by atoms with Gasteiger partial charge in [0, 0.05) is 17.8 Å². The SMILES string of the molecule is CN(C)[C@@H](CCOc1ccc(C/C=C/c2ccccc2)c2ccccc12)c1ccccc1.O=C(O)[C@@H](O)[C@H](O)C(=O)O. The highest BCUT2D eigenvalue weighted by Gasteiger charge is 2.29. The molecule has 0 heterocycles. The Morgan fingerprint density at radius 3 is 1.88 bits per heavy atom. The highest BCUT2D eigenvalue weighted by molar-refractivity contribution is 5.91. The summed E-state index contributed by atoms with van der Waals surface area (Å²) >= 11 is 0. The molecule has 0 aliphatic rings. The van der Waals surface area contributed by atoms with Crippen LogP contribution in [0.4, 0.5) is 0 Å². The van der Waals surface area contributed by atoms with Gasteiger partial charge in [0.15, 0.2) is 12.2 Å². The fourth-order valence-electron chi connectivity index (χ4n) is 4.47. The van der Waals surface area contributed by atoms with E-state index in [9.17, 15) is 9.59 Å². The zero-order valence-electron chi connectivity index (χ0n) is 23.7. The number of aliphatic hydroxyl groups is 2. The smallest absolute Gasteiger partial charge is 0.335 e. The number of aliphatic carboxylic acids is 2. The second-order valence-corrected chi connectivity index (χ2v) is 9.88. The van der Waals surface area contributed by atoms with E-state index in [2.05, 4.69) is 122 Å². The summed E-state index contributed by atoms with van der Waals surface area (Å²) in [7, 11) is 4.26. The lowest BCUT2D eigenvalue weighted by Gasteiger charge is -2.25. The Morgan fingerprint density at radius 2 is 1.31 bits per heavy atom. The normalized spacial score (nSPS) is 13.3. The summed E-state index contributed by atoms with van der Waals surface area (Å²) in [4.78, 5) is 21.8. The van der Waals surface area contributed by atoms with Crippen LogP contribution in [0.2, 0.25) is 0 Å². The molecule has 8 nitrogen and oxygen atoms in total. The summed E-state index contributed by atoms with van der Waals surface area (Å²) in [5, 5.41) is 35.0. The predicted octanol–water partition coefficient (Wildman–Crippen LogP) is 5.04. The van der Waals surface area contributed by atoms with E-state index in [1.807, 2.05) is 6.07 Å². The number of benzene rings is 4. The minimum absolute atomic E-state index is 0.338. The van der Waals surface area contributed by atoms with Crippen LogP contribution in [0.3, 0.4) is 0 Å². The van der Waals surface area contributed by atoms with Gasteiger partial charge in [-0.1, -0.05) is 103 Å². The first-order chi connectivity index (χ1) is 20.2. The number of carbonyl (C=O) groups is 2. The second kappa shape index (κ2) is 16.1. The number of hydrogen-bond donors (Lipinski definition) is 4. The molecular formula is C34H37NO7. The minimum Gasteiger partial charge on any atom is -0.493 e. The summed E-state index contributed by atoms with van der Waals surface area (Å²) in [5.41, 5.74) is 3.87. The first-order valence-corrected chi connectivity index (χ1v) is 13.6. The fraction of sp³-hybridized carbons (Fsp3) is 0.235. The average Bonchev–Trinajstić information content (AvgIpc) is 3.00. The van der Waals surface area contributed by atoms with Gasteiger partial charge in [0.25, 0.3) is 0 Å². The highest BCUT2D eigenvalue weighted by atomic mass is 16.5. The van der Waals surface area contributed by atoms with Crippen LogP contribution in [0.25, 0.3) is 16.8 Å². The van der Waals surface area contributed by atoms with Crippen LogP contribution in [0, 0.1) is 0 Å². The van der Waals surface area contributed by atoms with Crippen LogP contribution in [0.15, 0.2) is 103 Å². The topological polar surface area (TPSA) is 128 Å². The van der Waals surface area contributed by atoms with Crippen LogP contribution >= 0.6 is 0 Å². The molecule has 0 fully saturated rings. The Hall–Kier alpha value is -4.50. The van der Waals surface area contributed by atoms with E-state index in [1.54, 1.807) is 0 Å².